The molecule has 0 aliphatic carbocycles. The van der Waals surface area contributed by atoms with E-state index in [4.69, 9.17) is 9.57 Å². The SMILES string of the molecule is COc1ccc(N2NOC(=O)/C2=C\C(=NC(=O)c2ccccc2)C(=O)N2CCN(c3ccccc3F)CC2)cc1. The second-order valence-corrected chi connectivity index (χ2v) is 8.94. The number of rotatable bonds is 6. The lowest BCUT2D eigenvalue weighted by atomic mass is 10.1. The summed E-state index contributed by atoms with van der Waals surface area (Å²) in [4.78, 5) is 51.9. The Bertz CT molecular complexity index is 1470. The number of para-hydroxylation sites is 1. The third-order valence-corrected chi connectivity index (χ3v) is 6.51. The highest BCUT2D eigenvalue weighted by Gasteiger charge is 2.32. The lowest BCUT2D eigenvalue weighted by molar-refractivity contribution is -0.140. The van der Waals surface area contributed by atoms with Crippen LogP contribution < -0.4 is 20.2 Å². The number of halogens is 1. The van der Waals surface area contributed by atoms with Crippen molar-refractivity contribution in [3.05, 3.63) is 102 Å². The molecule has 40 heavy (non-hydrogen) atoms. The Kier molecular flexibility index (Phi) is 7.83. The van der Waals surface area contributed by atoms with E-state index in [1.54, 1.807) is 72.8 Å². The van der Waals surface area contributed by atoms with Gasteiger partial charge in [-0.25, -0.2) is 19.2 Å². The summed E-state index contributed by atoms with van der Waals surface area (Å²) in [6.45, 7) is 1.29. The summed E-state index contributed by atoms with van der Waals surface area (Å²) >= 11 is 0. The standard InChI is InChI=1S/C29H26FN5O5/c1-39-22-13-11-21(12-14-22)35-26(29(38)40-32-35)19-24(31-27(36)20-7-3-2-4-8-20)28(37)34-17-15-33(16-18-34)25-10-6-5-9-23(25)30/h2-14,19,32H,15-18H2,1H3/b26-19+,31-24?. The molecule has 0 bridgehead atoms. The van der Waals surface area contributed by atoms with Gasteiger partial charge in [0, 0.05) is 37.8 Å². The maximum Gasteiger partial charge on any atom is 0.376 e. The van der Waals surface area contributed by atoms with Gasteiger partial charge in [0.15, 0.2) is 5.70 Å². The number of hydrazine groups is 1. The first kappa shape index (κ1) is 26.6. The van der Waals surface area contributed by atoms with Gasteiger partial charge < -0.3 is 19.4 Å². The number of nitrogens with zero attached hydrogens (tertiary/aromatic N) is 4. The molecule has 204 valence electrons. The van der Waals surface area contributed by atoms with Gasteiger partial charge in [-0.05, 0) is 48.5 Å². The zero-order valence-corrected chi connectivity index (χ0v) is 21.6. The van der Waals surface area contributed by atoms with Crippen LogP contribution in [-0.4, -0.2) is 61.7 Å². The second-order valence-electron chi connectivity index (χ2n) is 8.94. The van der Waals surface area contributed by atoms with Gasteiger partial charge in [0.2, 0.25) is 0 Å². The number of aliphatic imine (C=N–C) groups is 1. The third kappa shape index (κ3) is 5.69. The van der Waals surface area contributed by atoms with Crippen molar-refractivity contribution in [1.29, 1.82) is 0 Å². The first-order chi connectivity index (χ1) is 19.4. The number of anilines is 2. The maximum absolute atomic E-state index is 14.3. The molecule has 1 N–H and O–H groups in total. The highest BCUT2D eigenvalue weighted by atomic mass is 19.1. The van der Waals surface area contributed by atoms with Crippen LogP contribution in [0, 0.1) is 5.82 Å². The average Bonchev–Trinajstić information content (AvgIpc) is 3.36. The zero-order valence-electron chi connectivity index (χ0n) is 21.6. The highest BCUT2D eigenvalue weighted by Crippen LogP contribution is 2.25. The number of ether oxygens (including phenoxy) is 1. The maximum atomic E-state index is 14.3. The van der Waals surface area contributed by atoms with Crippen LogP contribution in [0.1, 0.15) is 10.4 Å². The van der Waals surface area contributed by atoms with Gasteiger partial charge in [0.05, 0.1) is 18.5 Å². The quantitative estimate of drug-likeness (QED) is 0.374. The van der Waals surface area contributed by atoms with Crippen molar-refractivity contribution in [1.82, 2.24) is 10.5 Å². The molecule has 2 aliphatic rings. The van der Waals surface area contributed by atoms with Crippen LogP contribution in [0.2, 0.25) is 0 Å². The van der Waals surface area contributed by atoms with Crippen LogP contribution in [-0.2, 0) is 14.4 Å². The molecule has 2 amide bonds. The first-order valence-electron chi connectivity index (χ1n) is 12.5. The highest BCUT2D eigenvalue weighted by molar-refractivity contribution is 6.45. The summed E-state index contributed by atoms with van der Waals surface area (Å²) in [7, 11) is 1.54. The fraction of sp³-hybridized carbons (Fsp3) is 0.172. The number of amides is 2. The molecule has 2 heterocycles. The molecule has 0 spiro atoms. The van der Waals surface area contributed by atoms with E-state index in [-0.39, 0.29) is 35.9 Å². The van der Waals surface area contributed by atoms with Gasteiger partial charge in [-0.3, -0.25) is 9.59 Å². The summed E-state index contributed by atoms with van der Waals surface area (Å²) in [5, 5.41) is 1.34. The average molecular weight is 544 g/mol. The molecule has 11 heteroatoms. The lowest BCUT2D eigenvalue weighted by Gasteiger charge is -2.36. The molecule has 0 unspecified atom stereocenters. The third-order valence-electron chi connectivity index (χ3n) is 6.51. The van der Waals surface area contributed by atoms with E-state index in [9.17, 15) is 18.8 Å². The van der Waals surface area contributed by atoms with Crippen LogP contribution in [0.25, 0.3) is 0 Å². The fourth-order valence-electron chi connectivity index (χ4n) is 4.37. The predicted octanol–water partition coefficient (Wildman–Crippen LogP) is 3.13. The summed E-state index contributed by atoms with van der Waals surface area (Å²) in [6, 6.07) is 21.6. The normalized spacial score (nSPS) is 16.8. The van der Waals surface area contributed by atoms with Crippen molar-refractivity contribution in [3.8, 4) is 5.75 Å². The van der Waals surface area contributed by atoms with Crippen LogP contribution in [0.3, 0.4) is 0 Å². The molecule has 0 radical (unpaired) electrons. The van der Waals surface area contributed by atoms with E-state index in [2.05, 4.69) is 10.6 Å². The number of piperazine rings is 1. The molecule has 0 aromatic heterocycles. The Balaban J connectivity index is 1.44. The number of nitrogens with one attached hydrogen (secondary N) is 1. The Hall–Kier alpha value is -5.03. The minimum Gasteiger partial charge on any atom is -0.497 e. The summed E-state index contributed by atoms with van der Waals surface area (Å²) < 4.78 is 19.5. The number of carbonyl (C=O) groups excluding carboxylic acids is 3. The monoisotopic (exact) mass is 543 g/mol. The number of benzene rings is 3. The molecular formula is C29H26FN5O5. The molecule has 3 aromatic rings. The van der Waals surface area contributed by atoms with Gasteiger partial charge in [0.25, 0.3) is 11.8 Å². The van der Waals surface area contributed by atoms with E-state index in [0.717, 1.165) is 0 Å². The first-order valence-corrected chi connectivity index (χ1v) is 12.5. The largest absolute Gasteiger partial charge is 0.497 e. The second kappa shape index (κ2) is 11.8. The molecule has 0 atom stereocenters. The van der Waals surface area contributed by atoms with E-state index >= 15 is 0 Å². The molecular weight excluding hydrogens is 517 g/mol. The zero-order chi connectivity index (χ0) is 28.1. The van der Waals surface area contributed by atoms with Crippen molar-refractivity contribution in [3.63, 3.8) is 0 Å². The van der Waals surface area contributed by atoms with Gasteiger partial charge >= 0.3 is 5.97 Å². The van der Waals surface area contributed by atoms with Crippen molar-refractivity contribution in [2.24, 2.45) is 4.99 Å². The Morgan fingerprint density at radius 3 is 2.30 bits per heavy atom. The minimum absolute atomic E-state index is 0.0388. The van der Waals surface area contributed by atoms with E-state index < -0.39 is 17.8 Å². The van der Waals surface area contributed by atoms with Crippen LogP contribution in [0.5, 0.6) is 5.75 Å². The van der Waals surface area contributed by atoms with Gasteiger partial charge in [-0.1, -0.05) is 35.9 Å². The number of carbonyl (C=O) groups is 3. The number of hydrogen-bond donors (Lipinski definition) is 1. The Labute approximate surface area is 229 Å². The molecule has 10 nitrogen and oxygen atoms in total. The van der Waals surface area contributed by atoms with Crippen molar-refractivity contribution < 1.29 is 28.3 Å². The van der Waals surface area contributed by atoms with Gasteiger partial charge in [-0.2, -0.15) is 0 Å². The van der Waals surface area contributed by atoms with E-state index in [0.29, 0.717) is 30.2 Å². The van der Waals surface area contributed by atoms with Crippen LogP contribution in [0.4, 0.5) is 15.8 Å². The van der Waals surface area contributed by atoms with Gasteiger partial charge in [0.1, 0.15) is 17.3 Å². The molecule has 3 aromatic carbocycles. The summed E-state index contributed by atoms with van der Waals surface area (Å²) in [5.41, 5.74) is 3.51. The summed E-state index contributed by atoms with van der Waals surface area (Å²) in [5.74, 6) is -1.66. The fourth-order valence-corrected chi connectivity index (χ4v) is 4.37. The van der Waals surface area contributed by atoms with Crippen LogP contribution >= 0.6 is 0 Å². The smallest absolute Gasteiger partial charge is 0.376 e. The van der Waals surface area contributed by atoms with E-state index in [1.165, 1.54) is 29.2 Å². The Morgan fingerprint density at radius 1 is 0.950 bits per heavy atom. The van der Waals surface area contributed by atoms with Crippen molar-refractivity contribution in [2.75, 3.05) is 43.2 Å². The summed E-state index contributed by atoms with van der Waals surface area (Å²) in [6.07, 6.45) is 1.24. The van der Waals surface area contributed by atoms with Crippen LogP contribution in [0.15, 0.2) is 95.6 Å². The van der Waals surface area contributed by atoms with Crippen molar-refractivity contribution >= 4 is 34.9 Å². The molecule has 2 aliphatic heterocycles. The lowest BCUT2D eigenvalue weighted by Crippen LogP contribution is -2.50. The molecule has 0 saturated carbocycles. The predicted molar refractivity (Wildman–Crippen MR) is 146 cm³/mol. The van der Waals surface area contributed by atoms with Gasteiger partial charge in [-0.15, -0.1) is 0 Å². The molecule has 2 fully saturated rings. The molecule has 2 saturated heterocycles. The number of methoxy groups -OCH3 is 1. The minimum atomic E-state index is -0.757. The Morgan fingerprint density at radius 2 is 1.62 bits per heavy atom. The molecule has 5 rings (SSSR count). The van der Waals surface area contributed by atoms with Crippen molar-refractivity contribution in [2.45, 2.75) is 0 Å². The van der Waals surface area contributed by atoms with E-state index in [1.807, 2.05) is 4.90 Å². The topological polar surface area (TPSA) is 104 Å². The number of hydrogen-bond acceptors (Lipinski definition) is 8.